The molecular weight excluding hydrogens is 244 g/mol. The van der Waals surface area contributed by atoms with Gasteiger partial charge in [0.05, 0.1) is 7.11 Å². The molecule has 1 heterocycles. The van der Waals surface area contributed by atoms with Gasteiger partial charge in [0.1, 0.15) is 11.4 Å². The first-order valence-corrected chi connectivity index (χ1v) is 5.77. The summed E-state index contributed by atoms with van der Waals surface area (Å²) < 4.78 is 6.64. The molecule has 0 N–H and O–H groups in total. The van der Waals surface area contributed by atoms with Gasteiger partial charge >= 0.3 is 0 Å². The van der Waals surface area contributed by atoms with Crippen molar-refractivity contribution in [2.24, 2.45) is 12.0 Å². The number of methoxy groups -OCH3 is 1. The third kappa shape index (κ3) is 1.56. The predicted molar refractivity (Wildman–Crippen MR) is 67.9 cm³/mol. The summed E-state index contributed by atoms with van der Waals surface area (Å²) in [6.07, 6.45) is 0. The molecule has 0 unspecified atom stereocenters. The number of carbonyl (C=O) groups excluding carboxylic acids is 1. The number of nitrogens with zero attached hydrogens (tertiary/aromatic N) is 4. The number of carbonyl (C=O) groups is 1. The van der Waals surface area contributed by atoms with E-state index in [1.54, 1.807) is 33.3 Å². The predicted octanol–water partition coefficient (Wildman–Crippen LogP) is 0.566. The molecule has 0 fully saturated rings. The molecule has 6 heteroatoms. The molecule has 3 rings (SSSR count). The second kappa shape index (κ2) is 4.01. The summed E-state index contributed by atoms with van der Waals surface area (Å²) >= 11 is 0. The minimum absolute atomic E-state index is 0.130. The monoisotopic (exact) mass is 256 g/mol. The number of fused-ring (bicyclic) bond motifs is 3. The minimum atomic E-state index is -0.130. The maximum Gasteiger partial charge on any atom is 0.241 e. The summed E-state index contributed by atoms with van der Waals surface area (Å²) in [5.74, 6) is 0.513. The van der Waals surface area contributed by atoms with Crippen molar-refractivity contribution in [3.05, 3.63) is 35.1 Å². The molecule has 96 valence electrons. The summed E-state index contributed by atoms with van der Waals surface area (Å²) in [4.78, 5) is 20.7. The number of benzene rings is 1. The molecule has 19 heavy (non-hydrogen) atoms. The first-order chi connectivity index (χ1) is 9.15. The van der Waals surface area contributed by atoms with E-state index in [0.717, 1.165) is 5.56 Å². The van der Waals surface area contributed by atoms with Gasteiger partial charge in [-0.2, -0.15) is 5.10 Å². The Bertz CT molecular complexity index is 762. The van der Waals surface area contributed by atoms with Crippen molar-refractivity contribution in [3.8, 4) is 17.0 Å². The summed E-state index contributed by atoms with van der Waals surface area (Å²) in [5, 5.41) is 4.25. The number of ether oxygens (including phenoxy) is 1. The normalized spacial score (nSPS) is 13.4. The maximum atomic E-state index is 12.3. The Labute approximate surface area is 109 Å². The fraction of sp³-hybridized carbons (Fsp3) is 0.231. The first-order valence-electron chi connectivity index (χ1n) is 5.77. The van der Waals surface area contributed by atoms with Gasteiger partial charge in [0.2, 0.25) is 11.4 Å². The average molecular weight is 256 g/mol. The van der Waals surface area contributed by atoms with Crippen molar-refractivity contribution in [2.45, 2.75) is 0 Å². The van der Waals surface area contributed by atoms with Gasteiger partial charge in [-0.1, -0.05) is 0 Å². The van der Waals surface area contributed by atoms with Gasteiger partial charge in [-0.3, -0.25) is 9.79 Å². The number of rotatable bonds is 1. The van der Waals surface area contributed by atoms with Gasteiger partial charge in [-0.05, 0) is 18.2 Å². The van der Waals surface area contributed by atoms with Crippen LogP contribution in [0.2, 0.25) is 0 Å². The first kappa shape index (κ1) is 11.6. The van der Waals surface area contributed by atoms with E-state index in [1.165, 1.54) is 4.68 Å². The van der Waals surface area contributed by atoms with Crippen LogP contribution >= 0.6 is 0 Å². The zero-order valence-corrected chi connectivity index (χ0v) is 10.8. The lowest BCUT2D eigenvalue weighted by Gasteiger charge is -2.02. The number of hydrogen-bond acceptors (Lipinski definition) is 5. The third-order valence-corrected chi connectivity index (χ3v) is 3.12. The van der Waals surface area contributed by atoms with E-state index >= 15 is 0 Å². The van der Waals surface area contributed by atoms with Gasteiger partial charge in [-0.25, -0.2) is 9.67 Å². The zero-order chi connectivity index (χ0) is 13.6. The Morgan fingerprint density at radius 2 is 2.05 bits per heavy atom. The number of aromatic nitrogens is 3. The molecule has 0 spiro atoms. The minimum Gasteiger partial charge on any atom is -0.497 e. The Morgan fingerprint density at radius 3 is 2.74 bits per heavy atom. The van der Waals surface area contributed by atoms with Gasteiger partial charge in [0, 0.05) is 25.2 Å². The highest BCUT2D eigenvalue weighted by Gasteiger charge is 2.30. The zero-order valence-electron chi connectivity index (χ0n) is 10.8. The van der Waals surface area contributed by atoms with Crippen LogP contribution in [0.3, 0.4) is 0 Å². The van der Waals surface area contributed by atoms with Gasteiger partial charge in [0.15, 0.2) is 5.69 Å². The molecule has 6 nitrogen and oxygen atoms in total. The molecule has 0 bridgehead atoms. The van der Waals surface area contributed by atoms with E-state index in [0.29, 0.717) is 28.3 Å². The van der Waals surface area contributed by atoms with Crippen molar-refractivity contribution in [2.75, 3.05) is 14.2 Å². The van der Waals surface area contributed by atoms with E-state index in [4.69, 9.17) is 4.74 Å². The average Bonchev–Trinajstić information content (AvgIpc) is 2.70. The highest BCUT2D eigenvalue weighted by Crippen LogP contribution is 2.34. The molecule has 1 aliphatic rings. The van der Waals surface area contributed by atoms with E-state index in [2.05, 4.69) is 15.1 Å². The second-order valence-corrected chi connectivity index (χ2v) is 4.20. The summed E-state index contributed by atoms with van der Waals surface area (Å²) in [5.41, 5.74) is 2.77. The summed E-state index contributed by atoms with van der Waals surface area (Å²) in [6, 6.07) is 5.34. The molecule has 0 atom stereocenters. The van der Waals surface area contributed by atoms with Crippen LogP contribution in [0.1, 0.15) is 16.1 Å². The van der Waals surface area contributed by atoms with E-state index in [-0.39, 0.29) is 5.78 Å². The van der Waals surface area contributed by atoms with Gasteiger partial charge in [-0.15, -0.1) is 0 Å². The Kier molecular flexibility index (Phi) is 2.45. The molecule has 0 aliphatic heterocycles. The SMILES string of the molecule is CN=c1nc2c(nn1C)C(=O)c1cc(OC)ccc1-2. The highest BCUT2D eigenvalue weighted by molar-refractivity contribution is 6.19. The lowest BCUT2D eigenvalue weighted by Crippen LogP contribution is -2.26. The molecule has 0 saturated heterocycles. The standard InChI is InChI=1S/C13H12N4O2/c1-14-13-15-10-8-5-4-7(19-3)6-9(8)12(18)11(10)16-17(13)2/h4-6H,1-3H3. The van der Waals surface area contributed by atoms with Crippen molar-refractivity contribution in [3.63, 3.8) is 0 Å². The fourth-order valence-corrected chi connectivity index (χ4v) is 2.18. The van der Waals surface area contributed by atoms with Gasteiger partial charge in [0.25, 0.3) is 0 Å². The van der Waals surface area contributed by atoms with E-state index < -0.39 is 0 Å². The van der Waals surface area contributed by atoms with Crippen LogP contribution in [0.15, 0.2) is 23.2 Å². The molecule has 1 aliphatic carbocycles. The fourth-order valence-electron chi connectivity index (χ4n) is 2.18. The maximum absolute atomic E-state index is 12.3. The molecule has 2 aromatic rings. The van der Waals surface area contributed by atoms with Crippen molar-refractivity contribution >= 4 is 5.78 Å². The lowest BCUT2D eigenvalue weighted by atomic mass is 10.1. The summed E-state index contributed by atoms with van der Waals surface area (Å²) in [6.45, 7) is 0. The van der Waals surface area contributed by atoms with E-state index in [9.17, 15) is 4.79 Å². The quantitative estimate of drug-likeness (QED) is 0.638. The number of aryl methyl sites for hydroxylation is 1. The molecule has 0 radical (unpaired) electrons. The topological polar surface area (TPSA) is 69.4 Å². The van der Waals surface area contributed by atoms with Crippen LogP contribution in [0.25, 0.3) is 11.3 Å². The van der Waals surface area contributed by atoms with Crippen LogP contribution in [0.4, 0.5) is 0 Å². The van der Waals surface area contributed by atoms with Crippen LogP contribution in [-0.2, 0) is 7.05 Å². The Balaban J connectivity index is 2.32. The molecule has 0 amide bonds. The number of ketones is 1. The Morgan fingerprint density at radius 1 is 1.26 bits per heavy atom. The van der Waals surface area contributed by atoms with Crippen LogP contribution in [-0.4, -0.2) is 34.7 Å². The van der Waals surface area contributed by atoms with Crippen molar-refractivity contribution in [1.29, 1.82) is 0 Å². The van der Waals surface area contributed by atoms with Crippen molar-refractivity contribution in [1.82, 2.24) is 14.8 Å². The molecular formula is C13H12N4O2. The van der Waals surface area contributed by atoms with Gasteiger partial charge < -0.3 is 4.74 Å². The van der Waals surface area contributed by atoms with Crippen LogP contribution < -0.4 is 10.4 Å². The molecule has 1 aromatic carbocycles. The van der Waals surface area contributed by atoms with Crippen LogP contribution in [0, 0.1) is 0 Å². The second-order valence-electron chi connectivity index (χ2n) is 4.20. The van der Waals surface area contributed by atoms with Crippen molar-refractivity contribution < 1.29 is 9.53 Å². The molecule has 1 aromatic heterocycles. The van der Waals surface area contributed by atoms with Crippen LogP contribution in [0.5, 0.6) is 5.75 Å². The highest BCUT2D eigenvalue weighted by atomic mass is 16.5. The Hall–Kier alpha value is -2.50. The summed E-state index contributed by atoms with van der Waals surface area (Å²) in [7, 11) is 4.92. The van der Waals surface area contributed by atoms with E-state index in [1.807, 2.05) is 6.07 Å². The molecule has 0 saturated carbocycles. The lowest BCUT2D eigenvalue weighted by molar-refractivity contribution is 0.103. The smallest absolute Gasteiger partial charge is 0.241 e. The largest absolute Gasteiger partial charge is 0.497 e. The third-order valence-electron chi connectivity index (χ3n) is 3.12. The number of hydrogen-bond donors (Lipinski definition) is 0.